The second-order valence-corrected chi connectivity index (χ2v) is 34.5. The van der Waals surface area contributed by atoms with E-state index in [1.165, 1.54) is 0 Å². The monoisotopic (exact) mass is 1170 g/mol. The van der Waals surface area contributed by atoms with Gasteiger partial charge in [-0.3, -0.25) is 4.79 Å². The van der Waals surface area contributed by atoms with Crippen LogP contribution in [0.3, 0.4) is 0 Å². The number of hydrogen-bond donors (Lipinski definition) is 7. The second kappa shape index (κ2) is 22.6. The van der Waals surface area contributed by atoms with E-state index >= 15 is 0 Å². The highest BCUT2D eigenvalue weighted by atomic mass is 16.4. The lowest BCUT2D eigenvalue weighted by Gasteiger charge is -2.39. The van der Waals surface area contributed by atoms with Crippen molar-refractivity contribution in [3.63, 3.8) is 0 Å². The van der Waals surface area contributed by atoms with Crippen LogP contribution in [0.5, 0.6) is 34.5 Å². The molecule has 0 fully saturated rings. The fourth-order valence-corrected chi connectivity index (χ4v) is 12.5. The Kier molecular flexibility index (Phi) is 18.1. The van der Waals surface area contributed by atoms with Gasteiger partial charge in [0.2, 0.25) is 0 Å². The van der Waals surface area contributed by atoms with Crippen molar-refractivity contribution in [2.75, 3.05) is 0 Å². The molecule has 0 aliphatic rings. The van der Waals surface area contributed by atoms with Gasteiger partial charge in [-0.15, -0.1) is 0 Å². The van der Waals surface area contributed by atoms with Crippen molar-refractivity contribution in [1.82, 2.24) is 0 Å². The number of carboxylic acid groups (broad SMARTS) is 1. The van der Waals surface area contributed by atoms with Crippen LogP contribution in [0, 0.1) is 0 Å². The van der Waals surface area contributed by atoms with Gasteiger partial charge in [-0.25, -0.2) is 0 Å². The predicted octanol–water partition coefficient (Wildman–Crippen LogP) is 19.2. The Bertz CT molecular complexity index is 3090. The molecule has 468 valence electrons. The molecule has 0 atom stereocenters. The third-order valence-electron chi connectivity index (χ3n) is 17.4. The third-order valence-corrected chi connectivity index (χ3v) is 17.4. The number of carbonyl (C=O) groups is 1. The summed E-state index contributed by atoms with van der Waals surface area (Å²) < 4.78 is 0. The number of carboxylic acids is 1. The van der Waals surface area contributed by atoms with E-state index in [-0.39, 0.29) is 53.8 Å². The molecule has 0 saturated carbocycles. The average molecular weight is 1170 g/mol. The molecule has 8 nitrogen and oxygen atoms in total. The van der Waals surface area contributed by atoms with Gasteiger partial charge in [0.15, 0.2) is 0 Å². The highest BCUT2D eigenvalue weighted by Gasteiger charge is 2.44. The molecule has 0 radical (unpaired) electrons. The normalized spacial score (nSPS) is 13.6. The van der Waals surface area contributed by atoms with E-state index in [0.717, 1.165) is 50.1 Å². The van der Waals surface area contributed by atoms with Gasteiger partial charge in [-0.1, -0.05) is 260 Å². The van der Waals surface area contributed by atoms with Crippen molar-refractivity contribution in [2.24, 2.45) is 0 Å². The van der Waals surface area contributed by atoms with Crippen LogP contribution in [-0.4, -0.2) is 41.7 Å². The SMILES string of the molecule is CC(C)(C)c1cc(C(CC(=O)O)(c2cc(Cc3cc(C(C)(C)C)c(O)c(C(C)(C)C)c3)c(O)c(C(C)(C)C)c2)c2cc(Cc3cc(C(C)(C)C)c(O)c(C(C)(C)C)c3)c(O)c(C(C)(C)C)c2)cc(Cc2cc(C(C)(C)C)c(O)c(C(C)(C)C)c2)c1O. The number of phenols is 6. The maximum atomic E-state index is 14.6. The minimum Gasteiger partial charge on any atom is -0.507 e. The van der Waals surface area contributed by atoms with Crippen molar-refractivity contribution < 1.29 is 40.5 Å². The van der Waals surface area contributed by atoms with Gasteiger partial charge in [0.05, 0.1) is 11.8 Å². The van der Waals surface area contributed by atoms with Crippen molar-refractivity contribution in [2.45, 2.75) is 267 Å². The number of aromatic hydroxyl groups is 6. The minimum absolute atomic E-state index is 0.0880. The van der Waals surface area contributed by atoms with Crippen LogP contribution < -0.4 is 0 Å². The molecule has 0 unspecified atom stereocenters. The van der Waals surface area contributed by atoms with Crippen LogP contribution >= 0.6 is 0 Å². The molecule has 6 aromatic carbocycles. The van der Waals surface area contributed by atoms with Crippen LogP contribution in [-0.2, 0) is 78.2 Å². The summed E-state index contributed by atoms with van der Waals surface area (Å²) in [7, 11) is 0. The van der Waals surface area contributed by atoms with E-state index in [9.17, 15) is 40.5 Å². The first kappa shape index (κ1) is 68.7. The zero-order chi connectivity index (χ0) is 65.7. The summed E-state index contributed by atoms with van der Waals surface area (Å²) >= 11 is 0. The van der Waals surface area contributed by atoms with Crippen LogP contribution in [0.4, 0.5) is 0 Å². The summed E-state index contributed by atoms with van der Waals surface area (Å²) in [4.78, 5) is 14.6. The summed E-state index contributed by atoms with van der Waals surface area (Å²) in [6.07, 6.45) is 0.231. The molecule has 0 aliphatic carbocycles. The van der Waals surface area contributed by atoms with Crippen LogP contribution in [0.1, 0.15) is 294 Å². The van der Waals surface area contributed by atoms with Gasteiger partial charge in [-0.05, 0) is 149 Å². The van der Waals surface area contributed by atoms with E-state index in [4.69, 9.17) is 0 Å². The van der Waals surface area contributed by atoms with E-state index in [2.05, 4.69) is 125 Å². The molecule has 7 N–H and O–H groups in total. The Morgan fingerprint density at radius 1 is 0.267 bits per heavy atom. The molecule has 0 spiro atoms. The maximum Gasteiger partial charge on any atom is 0.304 e. The van der Waals surface area contributed by atoms with Crippen molar-refractivity contribution in [3.8, 4) is 34.5 Å². The molecule has 0 saturated heterocycles. The molecule has 0 aliphatic heterocycles. The van der Waals surface area contributed by atoms with E-state index < -0.39 is 66.5 Å². The average Bonchev–Trinajstić information content (AvgIpc) is 0.747. The highest BCUT2D eigenvalue weighted by Crippen LogP contribution is 2.53. The molecule has 6 aromatic rings. The fourth-order valence-electron chi connectivity index (χ4n) is 12.5. The number of hydrogen-bond acceptors (Lipinski definition) is 7. The van der Waals surface area contributed by atoms with Crippen molar-refractivity contribution >= 4 is 5.97 Å². The summed E-state index contributed by atoms with van der Waals surface area (Å²) in [6.45, 7) is 55.8. The molecule has 0 aromatic heterocycles. The topological polar surface area (TPSA) is 159 Å². The first-order valence-corrected chi connectivity index (χ1v) is 31.0. The van der Waals surface area contributed by atoms with Crippen LogP contribution in [0.2, 0.25) is 0 Å². The number of aliphatic carboxylic acids is 1. The Labute approximate surface area is 518 Å². The zero-order valence-electron chi connectivity index (χ0n) is 57.8. The van der Waals surface area contributed by atoms with Crippen LogP contribution in [0.25, 0.3) is 0 Å². The molecule has 0 amide bonds. The molecular weight excluding hydrogens is 1060 g/mol. The zero-order valence-corrected chi connectivity index (χ0v) is 57.8. The first-order chi connectivity index (χ1) is 38.6. The third kappa shape index (κ3) is 14.3. The first-order valence-electron chi connectivity index (χ1n) is 31.0. The molecule has 0 heterocycles. The smallest absolute Gasteiger partial charge is 0.304 e. The Balaban J connectivity index is 1.91. The van der Waals surface area contributed by atoms with E-state index in [0.29, 0.717) is 50.1 Å². The lowest BCUT2D eigenvalue weighted by Crippen LogP contribution is -2.34. The lowest BCUT2D eigenvalue weighted by molar-refractivity contribution is -0.137. The molecule has 86 heavy (non-hydrogen) atoms. The Morgan fingerprint density at radius 2 is 0.430 bits per heavy atom. The maximum absolute atomic E-state index is 14.6. The van der Waals surface area contributed by atoms with Crippen molar-refractivity contribution in [3.05, 3.63) is 173 Å². The molecule has 8 heteroatoms. The lowest BCUT2D eigenvalue weighted by atomic mass is 9.63. The fraction of sp³-hybridized carbons (Fsp3) is 0.526. The highest BCUT2D eigenvalue weighted by molar-refractivity contribution is 5.75. The number of rotatable bonds is 11. The van der Waals surface area contributed by atoms with Gasteiger partial charge in [0.1, 0.15) is 34.5 Å². The minimum atomic E-state index is -1.61. The molecule has 0 bridgehead atoms. The summed E-state index contributed by atoms with van der Waals surface area (Å²) in [5.74, 6) is -0.103. The van der Waals surface area contributed by atoms with Gasteiger partial charge in [0.25, 0.3) is 0 Å². The predicted molar refractivity (Wildman–Crippen MR) is 357 cm³/mol. The van der Waals surface area contributed by atoms with Gasteiger partial charge in [0, 0.05) is 19.3 Å². The molecular formula is C78H108O8. The quantitative estimate of drug-likeness (QED) is 0.0632. The molecule has 6 rings (SSSR count). The van der Waals surface area contributed by atoms with Crippen LogP contribution in [0.15, 0.2) is 72.8 Å². The van der Waals surface area contributed by atoms with Gasteiger partial charge < -0.3 is 35.7 Å². The largest absolute Gasteiger partial charge is 0.507 e. The summed E-state index contributed by atoms with van der Waals surface area (Å²) in [6, 6.07) is 24.0. The summed E-state index contributed by atoms with van der Waals surface area (Å²) in [5, 5.41) is 86.4. The van der Waals surface area contributed by atoms with E-state index in [1.54, 1.807) is 0 Å². The second-order valence-electron chi connectivity index (χ2n) is 34.5. The van der Waals surface area contributed by atoms with Crippen molar-refractivity contribution in [1.29, 1.82) is 0 Å². The standard InChI is InChI=1S/C78H108O8/c1-69(2,3)53-31-44(32-54(66(53)84)70(4,5)6)28-47-37-50(40-59(63(47)81)75(19,20)21)78(43-62(79)80,51-38-48(64(82)60(41-51)76(22,23)24)29-45-33-55(71(7,8)9)67(85)56(34-45)72(10,11)12)52-39-49(65(83)61(42-52)77(25,26)27)30-46-35-57(73(13,14)15)68(86)58(36-46)74(16,17)18/h31-42,81-86H,28-30,43H2,1-27H3,(H,79,80). The van der Waals surface area contributed by atoms with E-state index in [1.807, 2.05) is 135 Å². The van der Waals surface area contributed by atoms with Gasteiger partial charge >= 0.3 is 5.97 Å². The number of benzene rings is 6. The Hall–Kier alpha value is -6.41. The van der Waals surface area contributed by atoms with Gasteiger partial charge in [-0.2, -0.15) is 0 Å². The number of phenolic OH excluding ortho intramolecular Hbond substituents is 6. The Morgan fingerprint density at radius 3 is 0.581 bits per heavy atom. The summed E-state index contributed by atoms with van der Waals surface area (Å²) in [5.41, 5.74) is 6.33.